The van der Waals surface area contributed by atoms with Gasteiger partial charge in [-0.1, -0.05) is 0 Å². The molecule has 1 unspecified atom stereocenters. The van der Waals surface area contributed by atoms with Crippen LogP contribution in [0.4, 0.5) is 0 Å². The molecule has 0 aliphatic heterocycles. The van der Waals surface area contributed by atoms with Crippen LogP contribution < -0.4 is 0 Å². The Bertz CT molecular complexity index is 274. The molecule has 0 amide bonds. The largest absolute Gasteiger partial charge is 0.298 e. The maximum Gasteiger partial charge on any atom is 0.0638 e. The van der Waals surface area contributed by atoms with E-state index in [4.69, 9.17) is 5.26 Å². The van der Waals surface area contributed by atoms with Gasteiger partial charge in [-0.3, -0.25) is 4.90 Å². The number of hydrogen-bond acceptors (Lipinski definition) is 3. The number of nitrogens with zero attached hydrogens (tertiary/aromatic N) is 2. The first-order valence-electron chi connectivity index (χ1n) is 4.32. The maximum atomic E-state index is 8.54. The van der Waals surface area contributed by atoms with Crippen molar-refractivity contribution in [3.8, 4) is 6.07 Å². The molecule has 1 heterocycles. The standard InChI is InChI=1S/C10H14N2S/c1-9(3-5-11)12(2)7-10-4-6-13-8-10/h4,6,8-9H,3,7H2,1-2H3. The lowest BCUT2D eigenvalue weighted by Gasteiger charge is -2.21. The first kappa shape index (κ1) is 10.2. The topological polar surface area (TPSA) is 27.0 Å². The van der Waals surface area contributed by atoms with Crippen molar-refractivity contribution in [1.29, 1.82) is 5.26 Å². The first-order valence-corrected chi connectivity index (χ1v) is 5.26. The van der Waals surface area contributed by atoms with Gasteiger partial charge in [0.1, 0.15) is 0 Å². The number of hydrogen-bond donors (Lipinski definition) is 0. The summed E-state index contributed by atoms with van der Waals surface area (Å²) in [6.07, 6.45) is 0.598. The fourth-order valence-corrected chi connectivity index (χ4v) is 1.77. The summed E-state index contributed by atoms with van der Waals surface area (Å²) < 4.78 is 0. The molecule has 0 saturated heterocycles. The Hall–Kier alpha value is -0.850. The van der Waals surface area contributed by atoms with Crippen LogP contribution in [0.3, 0.4) is 0 Å². The van der Waals surface area contributed by atoms with E-state index in [2.05, 4.69) is 41.8 Å². The van der Waals surface area contributed by atoms with Gasteiger partial charge in [-0.15, -0.1) is 0 Å². The zero-order valence-electron chi connectivity index (χ0n) is 8.03. The molecule has 1 aromatic heterocycles. The van der Waals surface area contributed by atoms with Crippen molar-refractivity contribution in [2.75, 3.05) is 7.05 Å². The van der Waals surface area contributed by atoms with Gasteiger partial charge in [0.05, 0.1) is 12.5 Å². The molecule has 0 aliphatic carbocycles. The second-order valence-electron chi connectivity index (χ2n) is 3.26. The summed E-state index contributed by atoms with van der Waals surface area (Å²) >= 11 is 1.71. The molecule has 0 radical (unpaired) electrons. The third-order valence-electron chi connectivity index (χ3n) is 2.15. The lowest BCUT2D eigenvalue weighted by atomic mass is 10.2. The van der Waals surface area contributed by atoms with E-state index < -0.39 is 0 Å². The molecule has 0 aromatic carbocycles. The molecule has 0 bridgehead atoms. The summed E-state index contributed by atoms with van der Waals surface area (Å²) in [6, 6.07) is 4.65. The van der Waals surface area contributed by atoms with Crippen LogP contribution in [-0.4, -0.2) is 18.0 Å². The van der Waals surface area contributed by atoms with Crippen LogP contribution in [0.25, 0.3) is 0 Å². The van der Waals surface area contributed by atoms with Crippen LogP contribution in [0.1, 0.15) is 18.9 Å². The lowest BCUT2D eigenvalue weighted by Crippen LogP contribution is -2.27. The van der Waals surface area contributed by atoms with Crippen LogP contribution in [-0.2, 0) is 6.54 Å². The van der Waals surface area contributed by atoms with Gasteiger partial charge >= 0.3 is 0 Å². The predicted octanol–water partition coefficient (Wildman–Crippen LogP) is 2.48. The minimum atomic E-state index is 0.338. The molecule has 0 fully saturated rings. The van der Waals surface area contributed by atoms with Crippen molar-refractivity contribution >= 4 is 11.3 Å². The summed E-state index contributed by atoms with van der Waals surface area (Å²) in [6.45, 7) is 3.02. The summed E-state index contributed by atoms with van der Waals surface area (Å²) in [5.74, 6) is 0. The van der Waals surface area contributed by atoms with E-state index in [0.717, 1.165) is 6.54 Å². The van der Waals surface area contributed by atoms with E-state index >= 15 is 0 Å². The molecule has 0 spiro atoms. The van der Waals surface area contributed by atoms with E-state index in [1.165, 1.54) is 5.56 Å². The van der Waals surface area contributed by atoms with E-state index in [9.17, 15) is 0 Å². The Balaban J connectivity index is 2.42. The quantitative estimate of drug-likeness (QED) is 0.736. The van der Waals surface area contributed by atoms with Gasteiger partial charge in [-0.2, -0.15) is 16.6 Å². The van der Waals surface area contributed by atoms with Crippen LogP contribution in [0.5, 0.6) is 0 Å². The average Bonchev–Trinajstić information content (AvgIpc) is 2.57. The number of nitriles is 1. The Kier molecular flexibility index (Phi) is 3.94. The normalized spacial score (nSPS) is 12.8. The highest BCUT2D eigenvalue weighted by molar-refractivity contribution is 7.07. The zero-order valence-corrected chi connectivity index (χ0v) is 8.84. The molecule has 1 aromatic rings. The van der Waals surface area contributed by atoms with Gasteiger partial charge in [0, 0.05) is 12.6 Å². The van der Waals surface area contributed by atoms with Gasteiger partial charge < -0.3 is 0 Å². The predicted molar refractivity (Wildman–Crippen MR) is 55.5 cm³/mol. The number of thiophene rings is 1. The van der Waals surface area contributed by atoms with E-state index in [1.807, 2.05) is 0 Å². The molecular formula is C10H14N2S. The van der Waals surface area contributed by atoms with Gasteiger partial charge in [0.25, 0.3) is 0 Å². The van der Waals surface area contributed by atoms with Crippen molar-refractivity contribution in [3.63, 3.8) is 0 Å². The van der Waals surface area contributed by atoms with E-state index in [0.29, 0.717) is 12.5 Å². The van der Waals surface area contributed by atoms with Gasteiger partial charge in [0.15, 0.2) is 0 Å². The van der Waals surface area contributed by atoms with E-state index in [1.54, 1.807) is 11.3 Å². The molecule has 1 atom stereocenters. The molecule has 0 N–H and O–H groups in total. The molecule has 0 saturated carbocycles. The van der Waals surface area contributed by atoms with Crippen molar-refractivity contribution < 1.29 is 0 Å². The Labute approximate surface area is 83.4 Å². The molecule has 2 nitrogen and oxygen atoms in total. The van der Waals surface area contributed by atoms with Gasteiger partial charge in [-0.05, 0) is 36.4 Å². The fourth-order valence-electron chi connectivity index (χ4n) is 1.11. The highest BCUT2D eigenvalue weighted by atomic mass is 32.1. The average molecular weight is 194 g/mol. The summed E-state index contributed by atoms with van der Waals surface area (Å²) in [7, 11) is 2.06. The van der Waals surface area contributed by atoms with Crippen LogP contribution in [0, 0.1) is 11.3 Å². The second kappa shape index (κ2) is 5.00. The minimum Gasteiger partial charge on any atom is -0.298 e. The smallest absolute Gasteiger partial charge is 0.0638 e. The van der Waals surface area contributed by atoms with Crippen LogP contribution in [0.2, 0.25) is 0 Å². The highest BCUT2D eigenvalue weighted by Crippen LogP contribution is 2.11. The molecular weight excluding hydrogens is 180 g/mol. The molecule has 13 heavy (non-hydrogen) atoms. The van der Waals surface area contributed by atoms with Crippen molar-refractivity contribution in [2.24, 2.45) is 0 Å². The van der Waals surface area contributed by atoms with Crippen molar-refractivity contribution in [2.45, 2.75) is 25.9 Å². The SMILES string of the molecule is CC(CC#N)N(C)Cc1ccsc1. The Morgan fingerprint density at radius 2 is 2.46 bits per heavy atom. The summed E-state index contributed by atoms with van der Waals surface area (Å²) in [5, 5.41) is 12.8. The minimum absolute atomic E-state index is 0.338. The third kappa shape index (κ3) is 3.17. The molecule has 1 rings (SSSR count). The van der Waals surface area contributed by atoms with Gasteiger partial charge in [-0.25, -0.2) is 0 Å². The van der Waals surface area contributed by atoms with Gasteiger partial charge in [0.2, 0.25) is 0 Å². The lowest BCUT2D eigenvalue weighted by molar-refractivity contribution is 0.253. The highest BCUT2D eigenvalue weighted by Gasteiger charge is 2.08. The Morgan fingerprint density at radius 1 is 1.69 bits per heavy atom. The van der Waals surface area contributed by atoms with E-state index in [-0.39, 0.29) is 0 Å². The maximum absolute atomic E-state index is 8.54. The molecule has 0 aliphatic rings. The molecule has 3 heteroatoms. The third-order valence-corrected chi connectivity index (χ3v) is 2.88. The number of rotatable bonds is 4. The molecule has 70 valence electrons. The van der Waals surface area contributed by atoms with Crippen molar-refractivity contribution in [3.05, 3.63) is 22.4 Å². The van der Waals surface area contributed by atoms with Crippen LogP contribution in [0.15, 0.2) is 16.8 Å². The monoisotopic (exact) mass is 194 g/mol. The summed E-state index contributed by atoms with van der Waals surface area (Å²) in [4.78, 5) is 2.20. The fraction of sp³-hybridized carbons (Fsp3) is 0.500. The van der Waals surface area contributed by atoms with Crippen LogP contribution >= 0.6 is 11.3 Å². The zero-order chi connectivity index (χ0) is 9.68. The second-order valence-corrected chi connectivity index (χ2v) is 4.04. The van der Waals surface area contributed by atoms with Crippen molar-refractivity contribution in [1.82, 2.24) is 4.90 Å². The Morgan fingerprint density at radius 3 is 3.00 bits per heavy atom. The summed E-state index contributed by atoms with van der Waals surface area (Å²) in [5.41, 5.74) is 1.33. The first-order chi connectivity index (χ1) is 6.24.